The van der Waals surface area contributed by atoms with Crippen LogP contribution in [0, 0.1) is 0 Å². The number of nitrogens with zero attached hydrogens (tertiary/aromatic N) is 2. The lowest BCUT2D eigenvalue weighted by atomic mass is 10.3. The Labute approximate surface area is 144 Å². The molecule has 3 N–H and O–H groups in total. The van der Waals surface area contributed by atoms with Gasteiger partial charge < -0.3 is 20.5 Å². The summed E-state index contributed by atoms with van der Waals surface area (Å²) in [6, 6.07) is 14.5. The fourth-order valence-corrected chi connectivity index (χ4v) is 2.26. The maximum atomic E-state index is 6.12. The van der Waals surface area contributed by atoms with Gasteiger partial charge in [-0.15, -0.1) is 0 Å². The van der Waals surface area contributed by atoms with E-state index in [0.717, 1.165) is 5.69 Å². The molecule has 6 nitrogen and oxygen atoms in total. The van der Waals surface area contributed by atoms with Crippen molar-refractivity contribution >= 4 is 28.8 Å². The summed E-state index contributed by atoms with van der Waals surface area (Å²) in [5, 5.41) is 3.71. The summed E-state index contributed by atoms with van der Waals surface area (Å²) in [7, 11) is 1.57. The van der Waals surface area contributed by atoms with Crippen LogP contribution in [0.25, 0.3) is 0 Å². The van der Waals surface area contributed by atoms with Gasteiger partial charge in [0.2, 0.25) is 5.88 Å². The van der Waals surface area contributed by atoms with Gasteiger partial charge in [-0.2, -0.15) is 4.98 Å². The lowest BCUT2D eigenvalue weighted by molar-refractivity contribution is 0.374. The predicted octanol–water partition coefficient (Wildman–Crippen LogP) is 4.26. The number of nitrogens with two attached hydrogens (primary N) is 1. The Balaban J connectivity index is 1.88. The first-order valence-electron chi connectivity index (χ1n) is 7.11. The van der Waals surface area contributed by atoms with Gasteiger partial charge in [0.25, 0.3) is 0 Å². The molecule has 0 unspecified atom stereocenters. The Morgan fingerprint density at radius 2 is 1.83 bits per heavy atom. The van der Waals surface area contributed by atoms with E-state index in [1.54, 1.807) is 31.4 Å². The summed E-state index contributed by atoms with van der Waals surface area (Å²) in [6.07, 6.45) is 1.37. The molecule has 24 heavy (non-hydrogen) atoms. The number of nitrogens with one attached hydrogen (secondary N) is 1. The number of anilines is 3. The molecule has 1 heterocycles. The zero-order chi connectivity index (χ0) is 16.9. The number of para-hydroxylation sites is 2. The molecule has 0 saturated heterocycles. The molecule has 0 amide bonds. The van der Waals surface area contributed by atoms with Crippen molar-refractivity contribution < 1.29 is 9.47 Å². The van der Waals surface area contributed by atoms with E-state index < -0.39 is 0 Å². The lowest BCUT2D eigenvalue weighted by Gasteiger charge is -2.13. The van der Waals surface area contributed by atoms with Gasteiger partial charge in [-0.1, -0.05) is 29.8 Å². The Morgan fingerprint density at radius 1 is 1.04 bits per heavy atom. The van der Waals surface area contributed by atoms with Crippen LogP contribution in [0.2, 0.25) is 5.02 Å². The van der Waals surface area contributed by atoms with Crippen LogP contribution in [-0.2, 0) is 0 Å². The van der Waals surface area contributed by atoms with Crippen LogP contribution >= 0.6 is 11.6 Å². The minimum atomic E-state index is 0.235. The van der Waals surface area contributed by atoms with Crippen molar-refractivity contribution in [3.05, 3.63) is 59.9 Å². The molecule has 0 fully saturated rings. The number of benzene rings is 2. The summed E-state index contributed by atoms with van der Waals surface area (Å²) in [6.45, 7) is 0. The van der Waals surface area contributed by atoms with Crippen molar-refractivity contribution in [3.8, 4) is 17.4 Å². The fraction of sp³-hybridized carbons (Fsp3) is 0.0588. The third kappa shape index (κ3) is 3.49. The largest absolute Gasteiger partial charge is 0.493 e. The number of methoxy groups -OCH3 is 1. The molecular formula is C17H15ClN4O2. The maximum Gasteiger partial charge on any atom is 0.248 e. The van der Waals surface area contributed by atoms with Crippen LogP contribution in [0.4, 0.5) is 17.2 Å². The molecule has 0 aliphatic carbocycles. The molecule has 0 saturated carbocycles. The molecule has 0 radical (unpaired) electrons. The van der Waals surface area contributed by atoms with Crippen molar-refractivity contribution in [3.63, 3.8) is 0 Å². The van der Waals surface area contributed by atoms with E-state index in [-0.39, 0.29) is 11.6 Å². The van der Waals surface area contributed by atoms with Crippen molar-refractivity contribution in [2.75, 3.05) is 18.2 Å². The Hall–Kier alpha value is -2.99. The Kier molecular flexibility index (Phi) is 4.67. The van der Waals surface area contributed by atoms with Gasteiger partial charge >= 0.3 is 0 Å². The summed E-state index contributed by atoms with van der Waals surface area (Å²) < 4.78 is 11.0. The molecule has 0 spiro atoms. The highest BCUT2D eigenvalue weighted by molar-refractivity contribution is 6.30. The molecule has 3 rings (SSSR count). The van der Waals surface area contributed by atoms with Gasteiger partial charge in [-0.05, 0) is 30.3 Å². The quantitative estimate of drug-likeness (QED) is 0.721. The van der Waals surface area contributed by atoms with Gasteiger partial charge in [0.1, 0.15) is 12.0 Å². The van der Waals surface area contributed by atoms with Crippen molar-refractivity contribution in [2.24, 2.45) is 0 Å². The Bertz CT molecular complexity index is 857. The average Bonchev–Trinajstić information content (AvgIpc) is 2.59. The fourth-order valence-electron chi connectivity index (χ4n) is 2.07. The summed E-state index contributed by atoms with van der Waals surface area (Å²) in [4.78, 5) is 8.24. The van der Waals surface area contributed by atoms with E-state index in [0.29, 0.717) is 22.3 Å². The van der Waals surface area contributed by atoms with Crippen LogP contribution in [0.3, 0.4) is 0 Å². The molecule has 0 bridgehead atoms. The van der Waals surface area contributed by atoms with Crippen LogP contribution in [0.5, 0.6) is 17.4 Å². The van der Waals surface area contributed by atoms with Gasteiger partial charge in [0.15, 0.2) is 17.3 Å². The zero-order valence-corrected chi connectivity index (χ0v) is 13.6. The molecule has 3 aromatic rings. The third-order valence-electron chi connectivity index (χ3n) is 3.21. The van der Waals surface area contributed by atoms with Crippen LogP contribution < -0.4 is 20.5 Å². The second-order valence-electron chi connectivity index (χ2n) is 4.83. The van der Waals surface area contributed by atoms with Crippen LogP contribution in [-0.4, -0.2) is 17.1 Å². The van der Waals surface area contributed by atoms with E-state index in [1.165, 1.54) is 6.33 Å². The first-order chi connectivity index (χ1) is 11.7. The van der Waals surface area contributed by atoms with Crippen LogP contribution in [0.1, 0.15) is 0 Å². The van der Waals surface area contributed by atoms with E-state index in [4.69, 9.17) is 26.8 Å². The topological polar surface area (TPSA) is 82.3 Å². The summed E-state index contributed by atoms with van der Waals surface area (Å²) >= 11 is 5.98. The molecule has 122 valence electrons. The first kappa shape index (κ1) is 15.9. The van der Waals surface area contributed by atoms with E-state index >= 15 is 0 Å². The number of nitrogen functional groups attached to an aromatic ring is 1. The van der Waals surface area contributed by atoms with Crippen molar-refractivity contribution in [2.45, 2.75) is 0 Å². The number of ether oxygens (including phenoxy) is 2. The number of hydrogen-bond donors (Lipinski definition) is 2. The van der Waals surface area contributed by atoms with Crippen molar-refractivity contribution in [1.29, 1.82) is 0 Å². The molecule has 1 aromatic heterocycles. The van der Waals surface area contributed by atoms with Gasteiger partial charge in [-0.25, -0.2) is 4.98 Å². The number of rotatable bonds is 5. The SMILES string of the molecule is COc1ccccc1Oc1ncnc(Nc2cccc(Cl)c2)c1N. The Morgan fingerprint density at radius 3 is 2.58 bits per heavy atom. The van der Waals surface area contributed by atoms with Gasteiger partial charge in [0, 0.05) is 10.7 Å². The summed E-state index contributed by atoms with van der Waals surface area (Å²) in [5.41, 5.74) is 7.16. The van der Waals surface area contributed by atoms with Gasteiger partial charge in [-0.3, -0.25) is 0 Å². The lowest BCUT2D eigenvalue weighted by Crippen LogP contribution is -2.03. The highest BCUT2D eigenvalue weighted by Gasteiger charge is 2.13. The molecule has 0 atom stereocenters. The number of hydrogen-bond acceptors (Lipinski definition) is 6. The molecule has 0 aliphatic heterocycles. The highest BCUT2D eigenvalue weighted by atomic mass is 35.5. The van der Waals surface area contributed by atoms with E-state index in [9.17, 15) is 0 Å². The second-order valence-corrected chi connectivity index (χ2v) is 5.27. The standard InChI is InChI=1S/C17H15ClN4O2/c1-23-13-7-2-3-8-14(13)24-17-15(19)16(20-10-21-17)22-12-6-4-5-11(18)9-12/h2-10H,19H2,1H3,(H,20,21,22). The van der Waals surface area contributed by atoms with Crippen molar-refractivity contribution in [1.82, 2.24) is 9.97 Å². The van der Waals surface area contributed by atoms with Crippen LogP contribution in [0.15, 0.2) is 54.9 Å². The maximum absolute atomic E-state index is 6.12. The molecule has 2 aromatic carbocycles. The summed E-state index contributed by atoms with van der Waals surface area (Å²) in [5.74, 6) is 1.76. The monoisotopic (exact) mass is 342 g/mol. The molecular weight excluding hydrogens is 328 g/mol. The number of halogens is 1. The minimum absolute atomic E-state index is 0.235. The smallest absolute Gasteiger partial charge is 0.248 e. The molecule has 0 aliphatic rings. The molecule has 7 heteroatoms. The minimum Gasteiger partial charge on any atom is -0.493 e. The van der Waals surface area contributed by atoms with E-state index in [1.807, 2.05) is 24.3 Å². The normalized spacial score (nSPS) is 10.2. The second kappa shape index (κ2) is 7.06. The first-order valence-corrected chi connectivity index (χ1v) is 7.49. The average molecular weight is 343 g/mol. The van der Waals surface area contributed by atoms with Gasteiger partial charge in [0.05, 0.1) is 7.11 Å². The predicted molar refractivity (Wildman–Crippen MR) is 94.2 cm³/mol. The zero-order valence-electron chi connectivity index (χ0n) is 12.9. The third-order valence-corrected chi connectivity index (χ3v) is 3.45. The number of aromatic nitrogens is 2. The van der Waals surface area contributed by atoms with E-state index in [2.05, 4.69) is 15.3 Å². The highest BCUT2D eigenvalue weighted by Crippen LogP contribution is 2.35.